The van der Waals surface area contributed by atoms with Crippen molar-refractivity contribution in [1.29, 1.82) is 0 Å². The molecule has 2 unspecified atom stereocenters. The maximum atomic E-state index is 5.67. The third-order valence-electron chi connectivity index (χ3n) is 4.00. The van der Waals surface area contributed by atoms with Gasteiger partial charge in [0.15, 0.2) is 0 Å². The van der Waals surface area contributed by atoms with E-state index < -0.39 is 0 Å². The molecule has 4 heteroatoms. The number of rotatable bonds is 7. The Bertz CT molecular complexity index is 403. The molecule has 1 aromatic rings. The first-order valence-electron chi connectivity index (χ1n) is 7.65. The molecule has 1 aromatic heterocycles. The van der Waals surface area contributed by atoms with Crippen molar-refractivity contribution < 1.29 is 9.15 Å². The van der Waals surface area contributed by atoms with E-state index in [0.717, 1.165) is 38.4 Å². The summed E-state index contributed by atoms with van der Waals surface area (Å²) in [5.74, 6) is 1.74. The van der Waals surface area contributed by atoms with E-state index >= 15 is 0 Å². The van der Waals surface area contributed by atoms with E-state index in [1.165, 1.54) is 5.56 Å². The first-order chi connectivity index (χ1) is 9.58. The minimum atomic E-state index is 0.317. The zero-order valence-electron chi connectivity index (χ0n) is 13.2. The summed E-state index contributed by atoms with van der Waals surface area (Å²) in [6.45, 7) is 10.2. The van der Waals surface area contributed by atoms with Crippen LogP contribution in [0.15, 0.2) is 16.7 Å². The van der Waals surface area contributed by atoms with Crippen molar-refractivity contribution >= 4 is 0 Å². The van der Waals surface area contributed by atoms with Gasteiger partial charge in [0.25, 0.3) is 0 Å². The van der Waals surface area contributed by atoms with Crippen molar-refractivity contribution in [3.05, 3.63) is 23.7 Å². The Morgan fingerprint density at radius 1 is 1.45 bits per heavy atom. The summed E-state index contributed by atoms with van der Waals surface area (Å²) in [5.41, 5.74) is 1.27. The van der Waals surface area contributed by atoms with Crippen LogP contribution in [-0.4, -0.2) is 37.2 Å². The minimum Gasteiger partial charge on any atom is -0.468 e. The number of likely N-dealkylation sites (N-methyl/N-ethyl adjacent to an activating group) is 1. The van der Waals surface area contributed by atoms with Gasteiger partial charge in [0.2, 0.25) is 0 Å². The molecule has 1 N–H and O–H groups in total. The first kappa shape index (κ1) is 15.5. The quantitative estimate of drug-likeness (QED) is 0.833. The number of nitrogens with one attached hydrogen (secondary N) is 1. The lowest BCUT2D eigenvalue weighted by Crippen LogP contribution is -2.36. The molecule has 20 heavy (non-hydrogen) atoms. The van der Waals surface area contributed by atoms with E-state index in [1.807, 2.05) is 0 Å². The van der Waals surface area contributed by atoms with Crippen molar-refractivity contribution in [3.8, 4) is 0 Å². The number of nitrogens with zero attached hydrogens (tertiary/aromatic N) is 1. The van der Waals surface area contributed by atoms with E-state index in [4.69, 9.17) is 9.15 Å². The third-order valence-corrected chi connectivity index (χ3v) is 4.00. The van der Waals surface area contributed by atoms with Crippen molar-refractivity contribution in [1.82, 2.24) is 10.2 Å². The largest absolute Gasteiger partial charge is 0.468 e. The van der Waals surface area contributed by atoms with Crippen LogP contribution in [0, 0.1) is 5.92 Å². The maximum Gasteiger partial charge on any atom is 0.122 e. The number of hydrogen-bond donors (Lipinski definition) is 1. The molecule has 2 atom stereocenters. The second kappa shape index (κ2) is 7.25. The maximum absolute atomic E-state index is 5.67. The number of ether oxygens (including phenoxy) is 1. The fourth-order valence-electron chi connectivity index (χ4n) is 2.80. The summed E-state index contributed by atoms with van der Waals surface area (Å²) in [5, 5.41) is 3.48. The molecule has 0 saturated carbocycles. The van der Waals surface area contributed by atoms with Gasteiger partial charge in [-0.25, -0.2) is 0 Å². The molecular formula is C16H28N2O2. The molecule has 1 aliphatic heterocycles. The van der Waals surface area contributed by atoms with E-state index in [9.17, 15) is 0 Å². The Morgan fingerprint density at radius 2 is 2.25 bits per heavy atom. The van der Waals surface area contributed by atoms with Crippen molar-refractivity contribution in [2.45, 2.75) is 52.4 Å². The fraction of sp³-hybridized carbons (Fsp3) is 0.750. The Hall–Kier alpha value is -0.840. The molecule has 4 nitrogen and oxygen atoms in total. The first-order valence-corrected chi connectivity index (χ1v) is 7.65. The molecule has 0 aromatic carbocycles. The Balaban J connectivity index is 1.87. The Kier molecular flexibility index (Phi) is 5.64. The second-order valence-corrected chi connectivity index (χ2v) is 6.24. The molecule has 114 valence electrons. The summed E-state index contributed by atoms with van der Waals surface area (Å²) in [6.07, 6.45) is 3.22. The van der Waals surface area contributed by atoms with Gasteiger partial charge < -0.3 is 14.5 Å². The van der Waals surface area contributed by atoms with Crippen LogP contribution >= 0.6 is 0 Å². The van der Waals surface area contributed by atoms with E-state index in [2.05, 4.69) is 44.1 Å². The van der Waals surface area contributed by atoms with Gasteiger partial charge in [-0.15, -0.1) is 0 Å². The molecule has 1 aliphatic rings. The summed E-state index contributed by atoms with van der Waals surface area (Å²) in [7, 11) is 2.16. The van der Waals surface area contributed by atoms with Crippen LogP contribution in [0.1, 0.15) is 38.5 Å². The Morgan fingerprint density at radius 3 is 2.90 bits per heavy atom. The lowest BCUT2D eigenvalue weighted by molar-refractivity contribution is 0.0790. The molecule has 0 aliphatic carbocycles. The highest BCUT2D eigenvalue weighted by atomic mass is 16.5. The van der Waals surface area contributed by atoms with E-state index in [1.54, 1.807) is 6.26 Å². The monoisotopic (exact) mass is 280 g/mol. The van der Waals surface area contributed by atoms with Crippen LogP contribution in [0.5, 0.6) is 0 Å². The molecule has 0 amide bonds. The van der Waals surface area contributed by atoms with Gasteiger partial charge in [0.05, 0.1) is 18.9 Å². The molecule has 1 fully saturated rings. The van der Waals surface area contributed by atoms with Crippen LogP contribution in [0.25, 0.3) is 0 Å². The van der Waals surface area contributed by atoms with E-state index in [0.29, 0.717) is 18.1 Å². The van der Waals surface area contributed by atoms with Crippen molar-refractivity contribution in [2.24, 2.45) is 5.92 Å². The highest BCUT2D eigenvalue weighted by Gasteiger charge is 2.28. The van der Waals surface area contributed by atoms with Gasteiger partial charge in [0.1, 0.15) is 5.76 Å². The van der Waals surface area contributed by atoms with Gasteiger partial charge in [-0.2, -0.15) is 0 Å². The second-order valence-electron chi connectivity index (χ2n) is 6.24. The van der Waals surface area contributed by atoms with Crippen LogP contribution in [0.2, 0.25) is 0 Å². The predicted octanol–water partition coefficient (Wildman–Crippen LogP) is 2.63. The highest BCUT2D eigenvalue weighted by molar-refractivity contribution is 5.17. The smallest absolute Gasteiger partial charge is 0.122 e. The summed E-state index contributed by atoms with van der Waals surface area (Å²) < 4.78 is 11.3. The highest BCUT2D eigenvalue weighted by Crippen LogP contribution is 2.21. The van der Waals surface area contributed by atoms with Crippen LogP contribution < -0.4 is 5.32 Å². The van der Waals surface area contributed by atoms with Gasteiger partial charge in [-0.05, 0) is 38.9 Å². The van der Waals surface area contributed by atoms with Crippen LogP contribution in [-0.2, 0) is 17.8 Å². The minimum absolute atomic E-state index is 0.317. The lowest BCUT2D eigenvalue weighted by atomic mass is 10.1. The molecule has 2 heterocycles. The molecule has 2 rings (SSSR count). The normalized spacial score (nSPS) is 23.1. The van der Waals surface area contributed by atoms with Gasteiger partial charge >= 0.3 is 0 Å². The molecule has 0 radical (unpaired) electrons. The standard InChI is InChI=1S/C16H28N2O2/c1-12(2)9-17-10-14-5-7-20-16(14)11-18(4)15-6-8-19-13(15)3/h5,7,12-13,15,17H,6,8-11H2,1-4H3. The fourth-order valence-corrected chi connectivity index (χ4v) is 2.80. The summed E-state index contributed by atoms with van der Waals surface area (Å²) in [6, 6.07) is 2.57. The SMILES string of the molecule is CC(C)CNCc1ccoc1CN(C)C1CCOC1C. The zero-order valence-corrected chi connectivity index (χ0v) is 13.2. The predicted molar refractivity (Wildman–Crippen MR) is 80.5 cm³/mol. The van der Waals surface area contributed by atoms with Gasteiger partial charge in [-0.1, -0.05) is 13.8 Å². The Labute approximate surface area is 122 Å². The zero-order chi connectivity index (χ0) is 14.5. The van der Waals surface area contributed by atoms with E-state index in [-0.39, 0.29) is 0 Å². The molecular weight excluding hydrogens is 252 g/mol. The number of hydrogen-bond acceptors (Lipinski definition) is 4. The summed E-state index contributed by atoms with van der Waals surface area (Å²) in [4.78, 5) is 2.35. The molecule has 1 saturated heterocycles. The third kappa shape index (κ3) is 4.08. The van der Waals surface area contributed by atoms with Gasteiger partial charge in [-0.3, -0.25) is 4.90 Å². The average Bonchev–Trinajstić information content (AvgIpc) is 2.98. The van der Waals surface area contributed by atoms with Gasteiger partial charge in [0, 0.05) is 24.8 Å². The molecule has 0 bridgehead atoms. The molecule has 0 spiro atoms. The van der Waals surface area contributed by atoms with Crippen molar-refractivity contribution in [3.63, 3.8) is 0 Å². The lowest BCUT2D eigenvalue weighted by Gasteiger charge is -2.26. The van der Waals surface area contributed by atoms with Crippen molar-refractivity contribution in [2.75, 3.05) is 20.2 Å². The topological polar surface area (TPSA) is 37.6 Å². The van der Waals surface area contributed by atoms with Crippen LogP contribution in [0.4, 0.5) is 0 Å². The number of furan rings is 1. The summed E-state index contributed by atoms with van der Waals surface area (Å²) >= 11 is 0. The van der Waals surface area contributed by atoms with Crippen LogP contribution in [0.3, 0.4) is 0 Å². The average molecular weight is 280 g/mol.